The maximum Gasteiger partial charge on any atom is 0.261 e. The average molecular weight is 285 g/mol. The maximum absolute atomic E-state index is 12.8. The molecule has 3 rings (SSSR count). The molecule has 2 aromatic rings. The number of fused-ring (bicyclic) bond motifs is 1. The van der Waals surface area contributed by atoms with Gasteiger partial charge >= 0.3 is 0 Å². The first-order chi connectivity index (χ1) is 10.1. The largest absolute Gasteiger partial charge is 0.302 e. The smallest absolute Gasteiger partial charge is 0.261 e. The SMILES string of the molecule is CCN(CC)CC1(n2cnc3cc(C)ccc3c2=O)CC1. The molecule has 0 saturated heterocycles. The highest BCUT2D eigenvalue weighted by molar-refractivity contribution is 5.78. The Morgan fingerprint density at radius 2 is 2.00 bits per heavy atom. The molecule has 0 aliphatic heterocycles. The van der Waals surface area contributed by atoms with Crippen molar-refractivity contribution in [3.63, 3.8) is 0 Å². The highest BCUT2D eigenvalue weighted by Crippen LogP contribution is 2.43. The van der Waals surface area contributed by atoms with Crippen molar-refractivity contribution < 1.29 is 0 Å². The zero-order chi connectivity index (χ0) is 15.0. The molecular formula is C17H23N3O. The molecule has 1 aliphatic carbocycles. The molecule has 1 fully saturated rings. The van der Waals surface area contributed by atoms with Crippen LogP contribution in [0.15, 0.2) is 29.3 Å². The highest BCUT2D eigenvalue weighted by atomic mass is 16.1. The summed E-state index contributed by atoms with van der Waals surface area (Å²) in [6, 6.07) is 5.87. The number of aryl methyl sites for hydroxylation is 1. The molecule has 0 spiro atoms. The van der Waals surface area contributed by atoms with Gasteiger partial charge in [0.1, 0.15) is 0 Å². The van der Waals surface area contributed by atoms with Gasteiger partial charge in [-0.05, 0) is 50.6 Å². The summed E-state index contributed by atoms with van der Waals surface area (Å²) in [7, 11) is 0. The molecule has 112 valence electrons. The van der Waals surface area contributed by atoms with Gasteiger partial charge in [-0.1, -0.05) is 19.9 Å². The minimum absolute atomic E-state index is 0.0326. The van der Waals surface area contributed by atoms with Gasteiger partial charge < -0.3 is 4.90 Å². The fourth-order valence-electron chi connectivity index (χ4n) is 3.05. The maximum atomic E-state index is 12.8. The van der Waals surface area contributed by atoms with Gasteiger partial charge in [0.15, 0.2) is 0 Å². The van der Waals surface area contributed by atoms with E-state index in [9.17, 15) is 4.79 Å². The van der Waals surface area contributed by atoms with Crippen LogP contribution < -0.4 is 5.56 Å². The quantitative estimate of drug-likeness (QED) is 0.847. The summed E-state index contributed by atoms with van der Waals surface area (Å²) in [5.41, 5.74) is 2.01. The van der Waals surface area contributed by atoms with Gasteiger partial charge in [0, 0.05) is 6.54 Å². The number of nitrogens with zero attached hydrogens (tertiary/aromatic N) is 3. The van der Waals surface area contributed by atoms with Crippen molar-refractivity contribution in [1.82, 2.24) is 14.5 Å². The van der Waals surface area contributed by atoms with Crippen LogP contribution in [0.3, 0.4) is 0 Å². The molecule has 0 atom stereocenters. The topological polar surface area (TPSA) is 38.1 Å². The van der Waals surface area contributed by atoms with Crippen molar-refractivity contribution in [1.29, 1.82) is 0 Å². The highest BCUT2D eigenvalue weighted by Gasteiger charge is 2.46. The Kier molecular flexibility index (Phi) is 3.57. The second kappa shape index (κ2) is 5.26. The van der Waals surface area contributed by atoms with Crippen LogP contribution in [0.25, 0.3) is 10.9 Å². The predicted octanol–water partition coefficient (Wildman–Crippen LogP) is 2.54. The van der Waals surface area contributed by atoms with Crippen molar-refractivity contribution in [2.75, 3.05) is 19.6 Å². The van der Waals surface area contributed by atoms with Crippen molar-refractivity contribution in [2.24, 2.45) is 0 Å². The summed E-state index contributed by atoms with van der Waals surface area (Å²) >= 11 is 0. The minimum Gasteiger partial charge on any atom is -0.302 e. The monoisotopic (exact) mass is 285 g/mol. The van der Waals surface area contributed by atoms with E-state index < -0.39 is 0 Å². The second-order valence-corrected chi connectivity index (χ2v) is 6.13. The molecular weight excluding hydrogens is 262 g/mol. The van der Waals surface area contributed by atoms with E-state index in [1.54, 1.807) is 6.33 Å². The van der Waals surface area contributed by atoms with Crippen LogP contribution in [-0.2, 0) is 5.54 Å². The standard InChI is InChI=1S/C17H23N3O/c1-4-19(5-2)11-17(8-9-17)20-12-18-15-10-13(3)6-7-14(15)16(20)21/h6-7,10,12H,4-5,8-9,11H2,1-3H3. The van der Waals surface area contributed by atoms with Gasteiger partial charge in [-0.2, -0.15) is 0 Å². The zero-order valence-corrected chi connectivity index (χ0v) is 13.1. The minimum atomic E-state index is -0.0326. The van der Waals surface area contributed by atoms with Crippen molar-refractivity contribution in [3.8, 4) is 0 Å². The number of hydrogen-bond acceptors (Lipinski definition) is 3. The van der Waals surface area contributed by atoms with Gasteiger partial charge in [-0.15, -0.1) is 0 Å². The van der Waals surface area contributed by atoms with Crippen LogP contribution >= 0.6 is 0 Å². The molecule has 0 bridgehead atoms. The fourth-order valence-corrected chi connectivity index (χ4v) is 3.05. The lowest BCUT2D eigenvalue weighted by Crippen LogP contribution is -2.40. The lowest BCUT2D eigenvalue weighted by molar-refractivity contribution is 0.236. The number of benzene rings is 1. The van der Waals surface area contributed by atoms with Gasteiger partial charge in [0.2, 0.25) is 0 Å². The molecule has 1 aromatic heterocycles. The summed E-state index contributed by atoms with van der Waals surface area (Å²) in [5.74, 6) is 0. The Morgan fingerprint density at radius 3 is 2.62 bits per heavy atom. The van der Waals surface area contributed by atoms with Crippen molar-refractivity contribution in [2.45, 2.75) is 39.2 Å². The molecule has 1 saturated carbocycles. The molecule has 1 aliphatic rings. The van der Waals surface area contributed by atoms with E-state index in [0.29, 0.717) is 0 Å². The number of likely N-dealkylation sites (N-methyl/N-ethyl adjacent to an activating group) is 1. The summed E-state index contributed by atoms with van der Waals surface area (Å²) in [4.78, 5) is 19.7. The van der Waals surface area contributed by atoms with Gasteiger partial charge in [-0.25, -0.2) is 4.98 Å². The molecule has 1 aromatic carbocycles. The fraction of sp³-hybridized carbons (Fsp3) is 0.529. The summed E-state index contributed by atoms with van der Waals surface area (Å²) < 4.78 is 1.88. The third-order valence-electron chi connectivity index (χ3n) is 4.67. The molecule has 4 heteroatoms. The Morgan fingerprint density at radius 1 is 1.29 bits per heavy atom. The van der Waals surface area contributed by atoms with Crippen molar-refractivity contribution in [3.05, 3.63) is 40.4 Å². The Bertz CT molecular complexity index is 712. The molecule has 21 heavy (non-hydrogen) atoms. The summed E-state index contributed by atoms with van der Waals surface area (Å²) in [5, 5.41) is 0.730. The third-order valence-corrected chi connectivity index (χ3v) is 4.67. The third kappa shape index (κ3) is 2.48. The van der Waals surface area contributed by atoms with Crippen LogP contribution in [0.4, 0.5) is 0 Å². The van der Waals surface area contributed by atoms with Crippen molar-refractivity contribution >= 4 is 10.9 Å². The van der Waals surface area contributed by atoms with Crippen LogP contribution in [0.2, 0.25) is 0 Å². The molecule has 0 N–H and O–H groups in total. The number of hydrogen-bond donors (Lipinski definition) is 0. The van der Waals surface area contributed by atoms with E-state index in [-0.39, 0.29) is 11.1 Å². The average Bonchev–Trinajstić information content (AvgIpc) is 3.25. The van der Waals surface area contributed by atoms with Gasteiger partial charge in [0.05, 0.1) is 22.8 Å². The molecule has 0 amide bonds. The molecule has 4 nitrogen and oxygen atoms in total. The van der Waals surface area contributed by atoms with Crippen LogP contribution in [0.5, 0.6) is 0 Å². The second-order valence-electron chi connectivity index (χ2n) is 6.13. The van der Waals surface area contributed by atoms with Gasteiger partial charge in [0.25, 0.3) is 5.56 Å². The molecule has 0 radical (unpaired) electrons. The van der Waals surface area contributed by atoms with E-state index in [1.165, 1.54) is 0 Å². The number of aromatic nitrogens is 2. The molecule has 1 heterocycles. The van der Waals surface area contributed by atoms with E-state index >= 15 is 0 Å². The number of rotatable bonds is 5. The molecule has 0 unspecified atom stereocenters. The predicted molar refractivity (Wildman–Crippen MR) is 85.7 cm³/mol. The van der Waals surface area contributed by atoms with Gasteiger partial charge in [-0.3, -0.25) is 9.36 Å². The lowest BCUT2D eigenvalue weighted by atomic mass is 10.1. The Balaban J connectivity index is 2.03. The first-order valence-corrected chi connectivity index (χ1v) is 7.80. The van der Waals surface area contributed by atoms with E-state index in [4.69, 9.17) is 0 Å². The normalized spacial score (nSPS) is 16.6. The summed E-state index contributed by atoms with van der Waals surface area (Å²) in [6.45, 7) is 9.35. The lowest BCUT2D eigenvalue weighted by Gasteiger charge is -2.26. The Labute approximate surface area is 125 Å². The first-order valence-electron chi connectivity index (χ1n) is 7.80. The van der Waals surface area contributed by atoms with Crippen LogP contribution in [0.1, 0.15) is 32.3 Å². The van der Waals surface area contributed by atoms with Crippen LogP contribution in [0, 0.1) is 6.92 Å². The van der Waals surface area contributed by atoms with Crippen LogP contribution in [-0.4, -0.2) is 34.1 Å². The van der Waals surface area contributed by atoms with E-state index in [0.717, 1.165) is 48.9 Å². The summed E-state index contributed by atoms with van der Waals surface area (Å²) in [6.07, 6.45) is 3.89. The van der Waals surface area contributed by atoms with E-state index in [2.05, 4.69) is 23.7 Å². The first kappa shape index (κ1) is 14.3. The van der Waals surface area contributed by atoms with E-state index in [1.807, 2.05) is 29.7 Å². The Hall–Kier alpha value is -1.68. The zero-order valence-electron chi connectivity index (χ0n) is 13.1.